The summed E-state index contributed by atoms with van der Waals surface area (Å²) < 4.78 is 2.13. The molecule has 0 radical (unpaired) electrons. The number of rotatable bonds is 5. The van der Waals surface area contributed by atoms with Crippen LogP contribution in [0, 0.1) is 6.92 Å². The van der Waals surface area contributed by atoms with E-state index in [0.29, 0.717) is 15.6 Å². The number of benzene rings is 3. The van der Waals surface area contributed by atoms with Crippen LogP contribution in [0.5, 0.6) is 0 Å². The molecule has 1 aliphatic heterocycles. The van der Waals surface area contributed by atoms with Gasteiger partial charge in [-0.05, 0) is 68.8 Å². The predicted octanol–water partition coefficient (Wildman–Crippen LogP) is 7.08. The summed E-state index contributed by atoms with van der Waals surface area (Å²) in [5.41, 5.74) is 5.24. The molecule has 5 rings (SSSR count). The molecule has 37 heavy (non-hydrogen) atoms. The summed E-state index contributed by atoms with van der Waals surface area (Å²) in [5.74, 6) is -0.449. The molecule has 1 atom stereocenters. The summed E-state index contributed by atoms with van der Waals surface area (Å²) in [6.07, 6.45) is 2.02. The zero-order chi connectivity index (χ0) is 26.3. The fourth-order valence-electron chi connectivity index (χ4n) is 4.83. The smallest absolute Gasteiger partial charge is 0.254 e. The van der Waals surface area contributed by atoms with Crippen LogP contribution in [0.2, 0.25) is 10.0 Å². The number of amides is 2. The largest absolute Gasteiger partial charge is 0.327 e. The van der Waals surface area contributed by atoms with Gasteiger partial charge in [0, 0.05) is 17.8 Å². The number of fused-ring (bicyclic) bond motifs is 3. The molecule has 1 aliphatic rings. The molecule has 5 nitrogen and oxygen atoms in total. The summed E-state index contributed by atoms with van der Waals surface area (Å²) in [6.45, 7) is 5.75. The van der Waals surface area contributed by atoms with Crippen LogP contribution in [0.15, 0.2) is 85.1 Å². The van der Waals surface area contributed by atoms with E-state index < -0.39 is 0 Å². The number of halogens is 2. The Morgan fingerprint density at radius 1 is 0.892 bits per heavy atom. The average Bonchev–Trinajstić information content (AvgIpc) is 3.38. The van der Waals surface area contributed by atoms with Crippen LogP contribution in [-0.2, 0) is 4.79 Å². The first-order valence-corrected chi connectivity index (χ1v) is 12.9. The zero-order valence-corrected chi connectivity index (χ0v) is 22.4. The van der Waals surface area contributed by atoms with E-state index in [2.05, 4.69) is 28.8 Å². The minimum Gasteiger partial charge on any atom is -0.327 e. The van der Waals surface area contributed by atoms with Crippen molar-refractivity contribution in [2.75, 3.05) is 11.4 Å². The first-order valence-electron chi connectivity index (χ1n) is 12.2. The Morgan fingerprint density at radius 2 is 1.59 bits per heavy atom. The molecular weight excluding hydrogens is 505 g/mol. The molecule has 0 aliphatic carbocycles. The molecule has 0 N–H and O–H groups in total. The van der Waals surface area contributed by atoms with Crippen molar-refractivity contribution in [1.82, 2.24) is 9.47 Å². The van der Waals surface area contributed by atoms with Gasteiger partial charge in [0.1, 0.15) is 12.6 Å². The predicted molar refractivity (Wildman–Crippen MR) is 149 cm³/mol. The third-order valence-corrected chi connectivity index (χ3v) is 7.48. The van der Waals surface area contributed by atoms with Crippen LogP contribution >= 0.6 is 23.2 Å². The van der Waals surface area contributed by atoms with Gasteiger partial charge >= 0.3 is 0 Å². The van der Waals surface area contributed by atoms with Crippen LogP contribution in [-0.4, -0.2) is 33.9 Å². The van der Waals surface area contributed by atoms with Crippen molar-refractivity contribution in [1.29, 1.82) is 0 Å². The highest BCUT2D eigenvalue weighted by molar-refractivity contribution is 6.42. The number of hydrogen-bond acceptors (Lipinski definition) is 2. The Morgan fingerprint density at radius 3 is 2.27 bits per heavy atom. The molecule has 188 valence electrons. The Kier molecular flexibility index (Phi) is 6.84. The van der Waals surface area contributed by atoms with Crippen molar-refractivity contribution in [3.05, 3.63) is 117 Å². The molecule has 3 aromatic carbocycles. The van der Waals surface area contributed by atoms with Gasteiger partial charge in [0.05, 0.1) is 27.1 Å². The minimum atomic E-state index is -0.341. The number of carbonyl (C=O) groups is 2. The van der Waals surface area contributed by atoms with E-state index in [0.717, 1.165) is 28.2 Å². The quantitative estimate of drug-likeness (QED) is 0.276. The maximum absolute atomic E-state index is 14.2. The van der Waals surface area contributed by atoms with Gasteiger partial charge in [-0.1, -0.05) is 65.2 Å². The average molecular weight is 532 g/mol. The van der Waals surface area contributed by atoms with Gasteiger partial charge in [-0.15, -0.1) is 0 Å². The van der Waals surface area contributed by atoms with E-state index in [9.17, 15) is 9.59 Å². The number of nitrogens with zero attached hydrogens (tertiary/aromatic N) is 3. The lowest BCUT2D eigenvalue weighted by molar-refractivity contribution is -0.120. The molecule has 0 bridgehead atoms. The van der Waals surface area contributed by atoms with Gasteiger partial charge in [0.25, 0.3) is 5.91 Å². The summed E-state index contributed by atoms with van der Waals surface area (Å²) in [6, 6.07) is 24.4. The molecular formula is C30H27Cl2N3O2. The van der Waals surface area contributed by atoms with Gasteiger partial charge in [0.2, 0.25) is 5.91 Å². The maximum Gasteiger partial charge on any atom is 0.254 e. The Hall–Kier alpha value is -3.54. The van der Waals surface area contributed by atoms with Gasteiger partial charge in [-0.25, -0.2) is 0 Å². The van der Waals surface area contributed by atoms with Gasteiger partial charge in [-0.3, -0.25) is 14.5 Å². The number of aryl methyl sites for hydroxylation is 1. The van der Waals surface area contributed by atoms with Crippen molar-refractivity contribution in [3.63, 3.8) is 0 Å². The molecule has 2 amide bonds. The lowest BCUT2D eigenvalue weighted by atomic mass is 9.97. The van der Waals surface area contributed by atoms with Crippen LogP contribution < -0.4 is 4.90 Å². The van der Waals surface area contributed by atoms with E-state index in [1.807, 2.05) is 68.3 Å². The number of anilines is 1. The second-order valence-corrected chi connectivity index (χ2v) is 10.3. The molecule has 0 saturated carbocycles. The molecule has 1 aromatic heterocycles. The van der Waals surface area contributed by atoms with Crippen LogP contribution in [0.25, 0.3) is 5.69 Å². The van der Waals surface area contributed by atoms with Gasteiger partial charge < -0.3 is 9.47 Å². The fourth-order valence-corrected chi connectivity index (χ4v) is 5.13. The molecule has 7 heteroatoms. The monoisotopic (exact) mass is 531 g/mol. The molecule has 4 aromatic rings. The van der Waals surface area contributed by atoms with Crippen molar-refractivity contribution in [2.45, 2.75) is 32.9 Å². The second-order valence-electron chi connectivity index (χ2n) is 9.52. The molecule has 0 saturated heterocycles. The topological polar surface area (TPSA) is 45.6 Å². The normalized spacial score (nSPS) is 14.3. The van der Waals surface area contributed by atoms with E-state index >= 15 is 0 Å². The summed E-state index contributed by atoms with van der Waals surface area (Å²) in [7, 11) is 0. The number of para-hydroxylation sites is 2. The highest BCUT2D eigenvalue weighted by Gasteiger charge is 2.37. The third kappa shape index (κ3) is 4.65. The Balaban J connectivity index is 1.56. The molecule has 0 spiro atoms. The van der Waals surface area contributed by atoms with Gasteiger partial charge in [0.15, 0.2) is 0 Å². The number of aromatic nitrogens is 1. The van der Waals surface area contributed by atoms with E-state index in [1.54, 1.807) is 23.1 Å². The first kappa shape index (κ1) is 25.1. The second kappa shape index (κ2) is 10.1. The van der Waals surface area contributed by atoms with E-state index in [1.165, 1.54) is 0 Å². The van der Waals surface area contributed by atoms with Crippen molar-refractivity contribution in [3.8, 4) is 5.69 Å². The van der Waals surface area contributed by atoms with Crippen molar-refractivity contribution >= 4 is 40.7 Å². The summed E-state index contributed by atoms with van der Waals surface area (Å²) in [5, 5.41) is 0.673. The standard InChI is InChI=1S/C30H27Cl2N3O2/c1-19(2)34(30(37)22-14-15-23(31)24(32)17-22)18-28(36)35-26-8-5-4-7-25(26)33-16-6-9-27(33)29(35)21-12-10-20(3)11-13-21/h4-17,19,29H,18H2,1-3H3/t29-/m0/s1. The van der Waals surface area contributed by atoms with Crippen molar-refractivity contribution < 1.29 is 9.59 Å². The molecule has 0 unspecified atom stereocenters. The summed E-state index contributed by atoms with van der Waals surface area (Å²) in [4.78, 5) is 31.1. The van der Waals surface area contributed by atoms with E-state index in [4.69, 9.17) is 23.2 Å². The van der Waals surface area contributed by atoms with Gasteiger partial charge in [-0.2, -0.15) is 0 Å². The zero-order valence-electron chi connectivity index (χ0n) is 20.9. The lowest BCUT2D eigenvalue weighted by Gasteiger charge is -2.40. The van der Waals surface area contributed by atoms with Crippen LogP contribution in [0.1, 0.15) is 47.1 Å². The van der Waals surface area contributed by atoms with E-state index in [-0.39, 0.29) is 30.4 Å². The minimum absolute atomic E-state index is 0.0891. The number of hydrogen-bond donors (Lipinski definition) is 0. The Labute approximate surface area is 226 Å². The van der Waals surface area contributed by atoms with Crippen molar-refractivity contribution in [2.24, 2.45) is 0 Å². The lowest BCUT2D eigenvalue weighted by Crippen LogP contribution is -2.48. The molecule has 0 fully saturated rings. The maximum atomic E-state index is 14.2. The highest BCUT2D eigenvalue weighted by atomic mass is 35.5. The van der Waals surface area contributed by atoms with Crippen LogP contribution in [0.3, 0.4) is 0 Å². The number of carbonyl (C=O) groups excluding carboxylic acids is 2. The SMILES string of the molecule is Cc1ccc([C@H]2c3cccn3-c3ccccc3N2C(=O)CN(C(=O)c2ccc(Cl)c(Cl)c2)C(C)C)cc1. The summed E-state index contributed by atoms with van der Waals surface area (Å²) >= 11 is 12.2. The fraction of sp³-hybridized carbons (Fsp3) is 0.200. The first-order chi connectivity index (χ1) is 17.8. The van der Waals surface area contributed by atoms with Crippen LogP contribution in [0.4, 0.5) is 5.69 Å². The highest BCUT2D eigenvalue weighted by Crippen LogP contribution is 2.42. The third-order valence-electron chi connectivity index (χ3n) is 6.74. The Bertz CT molecular complexity index is 1480. The molecule has 2 heterocycles.